The zero-order valence-electron chi connectivity index (χ0n) is 13.9. The maximum atomic E-state index is 12.8. The fraction of sp³-hybridized carbons (Fsp3) is 0.647. The van der Waals surface area contributed by atoms with Crippen molar-refractivity contribution in [2.24, 2.45) is 11.3 Å². The number of hydrogen-bond donors (Lipinski definition) is 1. The average Bonchev–Trinajstić information content (AvgIpc) is 2.80. The smallest absolute Gasteiger partial charge is 0.323 e. The summed E-state index contributed by atoms with van der Waals surface area (Å²) in [5.41, 5.74) is 1.82. The minimum absolute atomic E-state index is 0.0405. The summed E-state index contributed by atoms with van der Waals surface area (Å²) in [7, 11) is 0. The van der Waals surface area contributed by atoms with Gasteiger partial charge in [0.05, 0.1) is 6.54 Å². The Kier molecular flexibility index (Phi) is 3.40. The molecule has 3 rings (SSSR count). The van der Waals surface area contributed by atoms with Crippen LogP contribution in [0.4, 0.5) is 4.79 Å². The third-order valence-corrected chi connectivity index (χ3v) is 6.44. The molecule has 1 aliphatic heterocycles. The van der Waals surface area contributed by atoms with E-state index in [1.807, 2.05) is 6.92 Å². The quantitative estimate of drug-likeness (QED) is 0.846. The lowest BCUT2D eigenvalue weighted by molar-refractivity contribution is -0.138. The fourth-order valence-corrected chi connectivity index (χ4v) is 4.26. The van der Waals surface area contributed by atoms with Crippen molar-refractivity contribution in [2.45, 2.75) is 59.5 Å². The summed E-state index contributed by atoms with van der Waals surface area (Å²) in [4.78, 5) is 27.7. The Labute approximate surface area is 135 Å². The van der Waals surface area contributed by atoms with E-state index in [1.165, 1.54) is 15.3 Å². The Morgan fingerprint density at radius 1 is 1.32 bits per heavy atom. The molecule has 3 amide bonds. The number of imide groups is 1. The normalized spacial score (nSPS) is 28.2. The molecule has 1 saturated carbocycles. The van der Waals surface area contributed by atoms with Crippen LogP contribution < -0.4 is 5.32 Å². The Morgan fingerprint density at radius 2 is 1.95 bits per heavy atom. The van der Waals surface area contributed by atoms with E-state index < -0.39 is 5.54 Å². The highest BCUT2D eigenvalue weighted by atomic mass is 32.1. The first kappa shape index (κ1) is 15.5. The molecular weight excluding hydrogens is 296 g/mol. The molecule has 22 heavy (non-hydrogen) atoms. The molecule has 1 aromatic heterocycles. The van der Waals surface area contributed by atoms with Crippen LogP contribution in [0.15, 0.2) is 5.38 Å². The van der Waals surface area contributed by atoms with E-state index in [0.29, 0.717) is 12.5 Å². The second-order valence-electron chi connectivity index (χ2n) is 7.82. The molecule has 0 atom stereocenters. The van der Waals surface area contributed by atoms with Crippen LogP contribution in [0.25, 0.3) is 0 Å². The third kappa shape index (κ3) is 2.26. The third-order valence-electron chi connectivity index (χ3n) is 5.38. The van der Waals surface area contributed by atoms with Gasteiger partial charge in [0.25, 0.3) is 5.91 Å². The minimum atomic E-state index is -0.631. The van der Waals surface area contributed by atoms with E-state index in [0.717, 1.165) is 18.4 Å². The second-order valence-corrected chi connectivity index (χ2v) is 8.90. The Bertz CT molecular complexity index is 636. The molecule has 1 spiro atoms. The van der Waals surface area contributed by atoms with Gasteiger partial charge in [-0.1, -0.05) is 20.8 Å². The van der Waals surface area contributed by atoms with Crippen LogP contribution >= 0.6 is 11.3 Å². The molecule has 120 valence electrons. The minimum Gasteiger partial charge on any atom is -0.323 e. The molecule has 1 aromatic rings. The molecule has 4 nitrogen and oxygen atoms in total. The monoisotopic (exact) mass is 320 g/mol. The van der Waals surface area contributed by atoms with Crippen LogP contribution in [0.2, 0.25) is 0 Å². The van der Waals surface area contributed by atoms with E-state index in [-0.39, 0.29) is 17.4 Å². The highest BCUT2D eigenvalue weighted by Crippen LogP contribution is 2.50. The number of thiophene rings is 1. The summed E-state index contributed by atoms with van der Waals surface area (Å²) in [5, 5.41) is 5.01. The molecule has 0 radical (unpaired) electrons. The number of hydrogen-bond acceptors (Lipinski definition) is 3. The van der Waals surface area contributed by atoms with E-state index in [2.05, 4.69) is 38.4 Å². The summed E-state index contributed by atoms with van der Waals surface area (Å²) in [6.07, 6.45) is 1.53. The summed E-state index contributed by atoms with van der Waals surface area (Å²) in [6, 6.07) is -0.236. The summed E-state index contributed by atoms with van der Waals surface area (Å²) in [6.45, 7) is 11.1. The lowest BCUT2D eigenvalue weighted by atomic mass is 9.59. The van der Waals surface area contributed by atoms with Gasteiger partial charge in [0.1, 0.15) is 5.54 Å². The Morgan fingerprint density at radius 3 is 2.45 bits per heavy atom. The second kappa shape index (κ2) is 4.82. The number of carbonyl (C=O) groups is 2. The van der Waals surface area contributed by atoms with Gasteiger partial charge < -0.3 is 5.32 Å². The number of nitrogens with zero attached hydrogens (tertiary/aromatic N) is 1. The van der Waals surface area contributed by atoms with Crippen LogP contribution in [0, 0.1) is 25.2 Å². The SMILES string of the molecule is Cc1scc(CN2C(=O)NC3(CC(C(C)(C)C)C3)C2=O)c1C. The van der Waals surface area contributed by atoms with Crippen LogP contribution in [0.1, 0.15) is 49.6 Å². The lowest BCUT2D eigenvalue weighted by Gasteiger charge is -2.48. The molecule has 0 bridgehead atoms. The summed E-state index contributed by atoms with van der Waals surface area (Å²) in [5.74, 6) is 0.447. The maximum absolute atomic E-state index is 12.8. The fourth-order valence-electron chi connectivity index (χ4n) is 3.38. The highest BCUT2D eigenvalue weighted by molar-refractivity contribution is 7.10. The first-order valence-corrected chi connectivity index (χ1v) is 8.70. The molecule has 0 aromatic carbocycles. The first-order valence-electron chi connectivity index (χ1n) is 7.82. The van der Waals surface area contributed by atoms with Gasteiger partial charge in [-0.05, 0) is 54.5 Å². The van der Waals surface area contributed by atoms with Gasteiger partial charge in [0.15, 0.2) is 0 Å². The zero-order valence-corrected chi connectivity index (χ0v) is 14.8. The molecule has 2 aliphatic rings. The zero-order chi connectivity index (χ0) is 16.3. The molecule has 1 N–H and O–H groups in total. The van der Waals surface area contributed by atoms with Gasteiger partial charge >= 0.3 is 6.03 Å². The topological polar surface area (TPSA) is 49.4 Å². The number of urea groups is 1. The first-order chi connectivity index (χ1) is 10.1. The number of carbonyl (C=O) groups excluding carboxylic acids is 2. The van der Waals surface area contributed by atoms with Crippen LogP contribution in [-0.4, -0.2) is 22.4 Å². The van der Waals surface area contributed by atoms with Crippen molar-refractivity contribution < 1.29 is 9.59 Å². The van der Waals surface area contributed by atoms with Gasteiger partial charge in [0, 0.05) is 4.88 Å². The maximum Gasteiger partial charge on any atom is 0.325 e. The molecule has 0 unspecified atom stereocenters. The van der Waals surface area contributed by atoms with Crippen LogP contribution in [0.3, 0.4) is 0 Å². The van der Waals surface area contributed by atoms with E-state index in [1.54, 1.807) is 11.3 Å². The van der Waals surface area contributed by atoms with Gasteiger partial charge in [-0.3, -0.25) is 9.69 Å². The Balaban J connectivity index is 1.75. The molecule has 1 saturated heterocycles. The number of nitrogens with one attached hydrogen (secondary N) is 1. The summed E-state index contributed by atoms with van der Waals surface area (Å²) < 4.78 is 0. The van der Waals surface area contributed by atoms with Crippen molar-refractivity contribution in [3.63, 3.8) is 0 Å². The standard InChI is InChI=1S/C17H24N2O2S/c1-10-11(2)22-9-12(10)8-19-14(20)17(18-15(19)21)6-13(7-17)16(3,4)5/h9,13H,6-8H2,1-5H3,(H,18,21). The van der Waals surface area contributed by atoms with E-state index in [4.69, 9.17) is 0 Å². The molecule has 5 heteroatoms. The largest absolute Gasteiger partial charge is 0.325 e. The van der Waals surface area contributed by atoms with E-state index >= 15 is 0 Å². The molecule has 2 fully saturated rings. The van der Waals surface area contributed by atoms with Crippen molar-refractivity contribution in [1.29, 1.82) is 0 Å². The Hall–Kier alpha value is -1.36. The lowest BCUT2D eigenvalue weighted by Crippen LogP contribution is -2.59. The van der Waals surface area contributed by atoms with Gasteiger partial charge in [-0.25, -0.2) is 4.79 Å². The molecule has 1 aliphatic carbocycles. The van der Waals surface area contributed by atoms with Crippen molar-refractivity contribution in [3.8, 4) is 0 Å². The van der Waals surface area contributed by atoms with Crippen LogP contribution in [0.5, 0.6) is 0 Å². The number of amides is 3. The van der Waals surface area contributed by atoms with Crippen molar-refractivity contribution in [1.82, 2.24) is 10.2 Å². The van der Waals surface area contributed by atoms with Crippen molar-refractivity contribution in [2.75, 3.05) is 0 Å². The van der Waals surface area contributed by atoms with Crippen molar-refractivity contribution in [3.05, 3.63) is 21.4 Å². The van der Waals surface area contributed by atoms with Crippen LogP contribution in [-0.2, 0) is 11.3 Å². The van der Waals surface area contributed by atoms with Crippen molar-refractivity contribution >= 4 is 23.3 Å². The predicted molar refractivity (Wildman–Crippen MR) is 87.8 cm³/mol. The molecule has 2 heterocycles. The summed E-state index contributed by atoms with van der Waals surface area (Å²) >= 11 is 1.67. The number of aryl methyl sites for hydroxylation is 1. The van der Waals surface area contributed by atoms with Gasteiger partial charge in [0.2, 0.25) is 0 Å². The predicted octanol–water partition coefficient (Wildman–Crippen LogP) is 3.61. The van der Waals surface area contributed by atoms with Gasteiger partial charge in [-0.15, -0.1) is 11.3 Å². The molecular formula is C17H24N2O2S. The van der Waals surface area contributed by atoms with Gasteiger partial charge in [-0.2, -0.15) is 0 Å². The average molecular weight is 320 g/mol. The van der Waals surface area contributed by atoms with E-state index in [9.17, 15) is 9.59 Å². The highest BCUT2D eigenvalue weighted by Gasteiger charge is 2.60. The number of rotatable bonds is 2.